The van der Waals surface area contributed by atoms with Crippen LogP contribution in [0.25, 0.3) is 0 Å². The maximum Gasteiger partial charge on any atom is 0.437 e. The van der Waals surface area contributed by atoms with Crippen LogP contribution in [-0.4, -0.2) is 58.3 Å². The number of fused-ring (bicyclic) bond motifs is 1. The van der Waals surface area contributed by atoms with Gasteiger partial charge in [0.15, 0.2) is 0 Å². The van der Waals surface area contributed by atoms with Crippen LogP contribution in [0.15, 0.2) is 65.7 Å². The zero-order chi connectivity index (χ0) is 25.4. The Morgan fingerprint density at radius 3 is 1.86 bits per heavy atom. The van der Waals surface area contributed by atoms with E-state index in [0.29, 0.717) is 13.1 Å². The summed E-state index contributed by atoms with van der Waals surface area (Å²) in [4.78, 5) is 33.7. The molecule has 0 N–H and O–H groups in total. The van der Waals surface area contributed by atoms with Crippen molar-refractivity contribution in [1.29, 1.82) is 0 Å². The summed E-state index contributed by atoms with van der Waals surface area (Å²) in [5.41, 5.74) is 0.724. The van der Waals surface area contributed by atoms with Gasteiger partial charge in [0.2, 0.25) is 5.96 Å². The minimum absolute atomic E-state index is 0.0240. The summed E-state index contributed by atoms with van der Waals surface area (Å²) in [5, 5.41) is 0. The Morgan fingerprint density at radius 1 is 0.857 bits per heavy atom. The molecule has 2 aromatic carbocycles. The molecule has 2 aliphatic heterocycles. The van der Waals surface area contributed by atoms with Crippen molar-refractivity contribution in [3.05, 3.63) is 71.8 Å². The first-order valence-electron chi connectivity index (χ1n) is 12.1. The van der Waals surface area contributed by atoms with Gasteiger partial charge in [-0.15, -0.1) is 4.99 Å². The molecule has 0 aliphatic carbocycles. The lowest BCUT2D eigenvalue weighted by atomic mass is 9.73. The number of guanidine groups is 1. The van der Waals surface area contributed by atoms with Gasteiger partial charge in [-0.25, -0.2) is 14.5 Å². The summed E-state index contributed by atoms with van der Waals surface area (Å²) in [5.74, 6) is 0.284. The first-order chi connectivity index (χ1) is 16.4. The molecular formula is C28H35N3O4. The van der Waals surface area contributed by atoms with E-state index in [1.807, 2.05) is 57.2 Å². The van der Waals surface area contributed by atoms with Gasteiger partial charge >= 0.3 is 12.2 Å². The van der Waals surface area contributed by atoms with E-state index in [-0.39, 0.29) is 17.4 Å². The van der Waals surface area contributed by atoms with Crippen LogP contribution in [0.2, 0.25) is 0 Å². The molecule has 4 rings (SSSR count). The molecule has 1 atom stereocenters. The highest BCUT2D eigenvalue weighted by molar-refractivity contribution is 6.01. The second-order valence-corrected chi connectivity index (χ2v) is 11.3. The molecule has 2 amide bonds. The molecule has 2 fully saturated rings. The number of hydrogen-bond acceptors (Lipinski definition) is 4. The van der Waals surface area contributed by atoms with Gasteiger partial charge in [-0.05, 0) is 59.1 Å². The number of carbonyl (C=O) groups excluding carboxylic acids is 2. The minimum Gasteiger partial charge on any atom is -0.443 e. The molecule has 0 spiro atoms. The zero-order valence-electron chi connectivity index (χ0n) is 21.4. The van der Waals surface area contributed by atoms with Gasteiger partial charge in [0.05, 0.1) is 12.6 Å². The van der Waals surface area contributed by atoms with Gasteiger partial charge in [-0.2, -0.15) is 0 Å². The average Bonchev–Trinajstić information content (AvgIpc) is 3.29. The summed E-state index contributed by atoms with van der Waals surface area (Å²) in [7, 11) is 0. The predicted octanol–water partition coefficient (Wildman–Crippen LogP) is 5.59. The van der Waals surface area contributed by atoms with Crippen LogP contribution in [0, 0.1) is 0 Å². The van der Waals surface area contributed by atoms with Crippen molar-refractivity contribution >= 4 is 18.1 Å². The van der Waals surface area contributed by atoms with Crippen LogP contribution < -0.4 is 0 Å². The molecule has 0 radical (unpaired) electrons. The lowest BCUT2D eigenvalue weighted by Gasteiger charge is -2.33. The van der Waals surface area contributed by atoms with Gasteiger partial charge in [-0.1, -0.05) is 60.7 Å². The number of amides is 2. The summed E-state index contributed by atoms with van der Waals surface area (Å²) < 4.78 is 11.1. The van der Waals surface area contributed by atoms with E-state index < -0.39 is 23.4 Å². The van der Waals surface area contributed by atoms with Crippen LogP contribution in [0.4, 0.5) is 9.59 Å². The summed E-state index contributed by atoms with van der Waals surface area (Å²) in [6.45, 7) is 11.8. The monoisotopic (exact) mass is 477 g/mol. The standard InChI is InChI=1S/C28H35N3O4/c1-26(2,3)34-24(32)29-23-30(25(33)35-27(4,5)6)18-22-17-28(19-31(22)23,20-13-9-7-10-14-20)21-15-11-8-12-16-21/h7-16,22H,17-19H2,1-6H3/b29-23-. The first kappa shape index (κ1) is 24.8. The highest BCUT2D eigenvalue weighted by Crippen LogP contribution is 2.46. The van der Waals surface area contributed by atoms with E-state index in [9.17, 15) is 9.59 Å². The summed E-state index contributed by atoms with van der Waals surface area (Å²) >= 11 is 0. The van der Waals surface area contributed by atoms with Gasteiger partial charge in [0.1, 0.15) is 11.2 Å². The average molecular weight is 478 g/mol. The number of nitrogens with zero attached hydrogens (tertiary/aromatic N) is 3. The molecule has 7 heteroatoms. The van der Waals surface area contributed by atoms with E-state index in [2.05, 4.69) is 34.2 Å². The molecule has 2 aromatic rings. The number of rotatable bonds is 2. The van der Waals surface area contributed by atoms with Crippen LogP contribution in [0.5, 0.6) is 0 Å². The fourth-order valence-electron chi connectivity index (χ4n) is 4.90. The van der Waals surface area contributed by atoms with E-state index in [0.717, 1.165) is 6.42 Å². The number of hydrogen-bond donors (Lipinski definition) is 0. The van der Waals surface area contributed by atoms with Crippen molar-refractivity contribution in [2.45, 2.75) is 70.6 Å². The van der Waals surface area contributed by atoms with Gasteiger partial charge in [-0.3, -0.25) is 0 Å². The molecule has 7 nitrogen and oxygen atoms in total. The van der Waals surface area contributed by atoms with E-state index >= 15 is 0 Å². The van der Waals surface area contributed by atoms with Crippen molar-refractivity contribution < 1.29 is 19.1 Å². The molecule has 0 bridgehead atoms. The topological polar surface area (TPSA) is 71.4 Å². The predicted molar refractivity (Wildman–Crippen MR) is 135 cm³/mol. The van der Waals surface area contributed by atoms with Gasteiger partial charge < -0.3 is 14.4 Å². The third kappa shape index (κ3) is 5.34. The van der Waals surface area contributed by atoms with Crippen molar-refractivity contribution in [2.24, 2.45) is 4.99 Å². The van der Waals surface area contributed by atoms with Crippen LogP contribution >= 0.6 is 0 Å². The smallest absolute Gasteiger partial charge is 0.437 e. The quantitative estimate of drug-likeness (QED) is 0.564. The van der Waals surface area contributed by atoms with Crippen LogP contribution in [0.1, 0.15) is 59.1 Å². The van der Waals surface area contributed by atoms with Crippen molar-refractivity contribution in [3.63, 3.8) is 0 Å². The molecule has 0 saturated carbocycles. The van der Waals surface area contributed by atoms with Crippen molar-refractivity contribution in [2.75, 3.05) is 13.1 Å². The largest absolute Gasteiger partial charge is 0.443 e. The van der Waals surface area contributed by atoms with Crippen molar-refractivity contribution in [1.82, 2.24) is 9.80 Å². The Morgan fingerprint density at radius 2 is 1.37 bits per heavy atom. The lowest BCUT2D eigenvalue weighted by Crippen LogP contribution is -2.44. The Kier molecular flexibility index (Phi) is 6.38. The fourth-order valence-corrected chi connectivity index (χ4v) is 4.90. The third-order valence-corrected chi connectivity index (χ3v) is 6.21. The molecule has 2 heterocycles. The summed E-state index contributed by atoms with van der Waals surface area (Å²) in [6.07, 6.45) is -0.467. The molecule has 2 aliphatic rings. The maximum absolute atomic E-state index is 13.1. The van der Waals surface area contributed by atoms with E-state index in [1.54, 1.807) is 20.8 Å². The minimum atomic E-state index is -0.723. The molecule has 2 saturated heterocycles. The number of aliphatic imine (C=N–C) groups is 1. The number of ether oxygens (including phenoxy) is 2. The van der Waals surface area contributed by atoms with E-state index in [4.69, 9.17) is 9.47 Å². The Bertz CT molecular complexity index is 1060. The Balaban J connectivity index is 1.74. The normalized spacial score (nSPS) is 20.6. The molecule has 35 heavy (non-hydrogen) atoms. The summed E-state index contributed by atoms with van der Waals surface area (Å²) in [6, 6.07) is 20.8. The second-order valence-electron chi connectivity index (χ2n) is 11.3. The van der Waals surface area contributed by atoms with Gasteiger partial charge in [0, 0.05) is 12.0 Å². The maximum atomic E-state index is 13.1. The fraction of sp³-hybridized carbons (Fsp3) is 0.464. The first-order valence-corrected chi connectivity index (χ1v) is 12.1. The highest BCUT2D eigenvalue weighted by Gasteiger charge is 2.53. The van der Waals surface area contributed by atoms with Crippen molar-refractivity contribution in [3.8, 4) is 0 Å². The lowest BCUT2D eigenvalue weighted by molar-refractivity contribution is 0.0377. The number of benzene rings is 2. The highest BCUT2D eigenvalue weighted by atomic mass is 16.6. The molecular weight excluding hydrogens is 442 g/mol. The SMILES string of the molecule is CC(C)(C)OC(=O)/N=C1/N(C(=O)OC(C)(C)C)CC2CC(c3ccccc3)(c3ccccc3)CN12. The van der Waals surface area contributed by atoms with Crippen LogP contribution in [-0.2, 0) is 14.9 Å². The Hall–Kier alpha value is -3.35. The number of carbonyl (C=O) groups is 2. The van der Waals surface area contributed by atoms with Gasteiger partial charge in [0.25, 0.3) is 0 Å². The van der Waals surface area contributed by atoms with Crippen LogP contribution in [0.3, 0.4) is 0 Å². The molecule has 0 aromatic heterocycles. The third-order valence-electron chi connectivity index (χ3n) is 6.21. The Labute approximate surface area is 207 Å². The molecule has 1 unspecified atom stereocenters. The zero-order valence-corrected chi connectivity index (χ0v) is 21.4. The molecule has 186 valence electrons. The van der Waals surface area contributed by atoms with E-state index in [1.165, 1.54) is 16.0 Å². The second kappa shape index (κ2) is 9.02.